The summed E-state index contributed by atoms with van der Waals surface area (Å²) in [6.45, 7) is 6.53. The predicted octanol–water partition coefficient (Wildman–Crippen LogP) is 3.06. The van der Waals surface area contributed by atoms with Crippen LogP contribution in [0, 0.1) is 5.41 Å². The van der Waals surface area contributed by atoms with E-state index in [1.165, 1.54) is 4.88 Å². The number of aromatic amines is 1. The van der Waals surface area contributed by atoms with E-state index in [2.05, 4.69) is 30.7 Å². The zero-order valence-electron chi connectivity index (χ0n) is 10.3. The Bertz CT molecular complexity index is 638. The molecule has 0 aromatic carbocycles. The van der Waals surface area contributed by atoms with Crippen LogP contribution in [0.15, 0.2) is 10.9 Å². The molecule has 1 aliphatic carbocycles. The summed E-state index contributed by atoms with van der Waals surface area (Å²) in [6, 6.07) is 1.97. The molecule has 90 valence electrons. The summed E-state index contributed by atoms with van der Waals surface area (Å²) in [6.07, 6.45) is 2.08. The van der Waals surface area contributed by atoms with Gasteiger partial charge in [0.25, 0.3) is 5.56 Å². The van der Waals surface area contributed by atoms with Crippen LogP contribution in [-0.4, -0.2) is 9.97 Å². The first-order valence-electron chi connectivity index (χ1n) is 6.04. The van der Waals surface area contributed by atoms with Crippen molar-refractivity contribution in [3.05, 3.63) is 27.1 Å². The Labute approximate surface area is 104 Å². The minimum absolute atomic E-state index is 0.0173. The van der Waals surface area contributed by atoms with Gasteiger partial charge in [0, 0.05) is 10.8 Å². The number of hydrogen-bond donors (Lipinski definition) is 1. The third-order valence-corrected chi connectivity index (χ3v) is 4.84. The Morgan fingerprint density at radius 2 is 2.29 bits per heavy atom. The lowest BCUT2D eigenvalue weighted by atomic mass is 10.1. The fourth-order valence-electron chi connectivity index (χ4n) is 2.27. The fourth-order valence-corrected chi connectivity index (χ4v) is 3.25. The van der Waals surface area contributed by atoms with Crippen LogP contribution in [0.3, 0.4) is 0 Å². The average Bonchev–Trinajstić information content (AvgIpc) is 2.75. The maximum Gasteiger partial charge on any atom is 0.259 e. The quantitative estimate of drug-likeness (QED) is 0.887. The molecule has 2 aromatic heterocycles. The van der Waals surface area contributed by atoms with E-state index in [1.54, 1.807) is 11.3 Å². The molecule has 1 atom stereocenters. The Hall–Kier alpha value is -1.16. The number of fused-ring (bicyclic) bond motifs is 1. The number of aromatic nitrogens is 2. The van der Waals surface area contributed by atoms with Gasteiger partial charge in [0.1, 0.15) is 10.7 Å². The summed E-state index contributed by atoms with van der Waals surface area (Å²) in [5.41, 5.74) is 0.317. The fraction of sp³-hybridized carbons (Fsp3) is 0.538. The monoisotopic (exact) mass is 248 g/mol. The van der Waals surface area contributed by atoms with Crippen molar-refractivity contribution in [2.75, 3.05) is 0 Å². The maximum atomic E-state index is 12.0. The number of H-pyrrole nitrogens is 1. The van der Waals surface area contributed by atoms with Crippen molar-refractivity contribution < 1.29 is 0 Å². The molecule has 1 saturated carbocycles. The van der Waals surface area contributed by atoms with Gasteiger partial charge in [-0.15, -0.1) is 11.3 Å². The summed E-state index contributed by atoms with van der Waals surface area (Å²) >= 11 is 1.64. The van der Waals surface area contributed by atoms with Crippen molar-refractivity contribution in [1.29, 1.82) is 0 Å². The van der Waals surface area contributed by atoms with Crippen LogP contribution in [0.25, 0.3) is 10.2 Å². The topological polar surface area (TPSA) is 45.8 Å². The third kappa shape index (κ3) is 1.71. The second-order valence-corrected chi connectivity index (χ2v) is 6.60. The Morgan fingerprint density at radius 1 is 1.59 bits per heavy atom. The molecule has 3 nitrogen and oxygen atoms in total. The van der Waals surface area contributed by atoms with E-state index in [0.717, 1.165) is 28.9 Å². The van der Waals surface area contributed by atoms with E-state index in [0.29, 0.717) is 11.3 Å². The van der Waals surface area contributed by atoms with E-state index < -0.39 is 0 Å². The summed E-state index contributed by atoms with van der Waals surface area (Å²) in [4.78, 5) is 21.7. The molecule has 1 N–H and O–H groups in total. The van der Waals surface area contributed by atoms with Crippen molar-refractivity contribution in [2.45, 2.75) is 39.5 Å². The number of nitrogens with zero attached hydrogens (tertiary/aromatic N) is 1. The normalized spacial score (nSPS) is 21.9. The number of aryl methyl sites for hydroxylation is 1. The van der Waals surface area contributed by atoms with Gasteiger partial charge in [-0.3, -0.25) is 4.79 Å². The van der Waals surface area contributed by atoms with Crippen molar-refractivity contribution in [3.8, 4) is 0 Å². The lowest BCUT2D eigenvalue weighted by Crippen LogP contribution is -2.10. The lowest BCUT2D eigenvalue weighted by molar-refractivity contribution is 0.609. The van der Waals surface area contributed by atoms with Crippen LogP contribution in [-0.2, 0) is 6.42 Å². The van der Waals surface area contributed by atoms with E-state index >= 15 is 0 Å². The summed E-state index contributed by atoms with van der Waals surface area (Å²) in [5.74, 6) is 1.30. The number of nitrogens with one attached hydrogen (secondary N) is 1. The highest BCUT2D eigenvalue weighted by Crippen LogP contribution is 2.57. The molecule has 2 heterocycles. The highest BCUT2D eigenvalue weighted by Gasteiger charge is 2.48. The summed E-state index contributed by atoms with van der Waals surface area (Å²) < 4.78 is 0. The van der Waals surface area contributed by atoms with Gasteiger partial charge in [-0.25, -0.2) is 4.98 Å². The third-order valence-electron chi connectivity index (χ3n) is 3.66. The molecule has 1 aliphatic rings. The number of thiophene rings is 1. The van der Waals surface area contributed by atoms with Crippen molar-refractivity contribution in [3.63, 3.8) is 0 Å². The first kappa shape index (κ1) is 11.0. The smallest absolute Gasteiger partial charge is 0.259 e. The minimum Gasteiger partial charge on any atom is -0.310 e. The molecule has 0 saturated heterocycles. The van der Waals surface area contributed by atoms with Gasteiger partial charge in [-0.1, -0.05) is 20.8 Å². The molecule has 3 rings (SSSR count). The standard InChI is InChI=1S/C13H16N2OS/c1-4-7-5-8-11(16)14-10(15-12(8)17-7)9-6-13(9,2)3/h5,9H,4,6H2,1-3H3,(H,14,15,16). The molecule has 2 aromatic rings. The second-order valence-electron chi connectivity index (χ2n) is 5.48. The molecule has 4 heteroatoms. The molecular weight excluding hydrogens is 232 g/mol. The predicted molar refractivity (Wildman–Crippen MR) is 70.8 cm³/mol. The van der Waals surface area contributed by atoms with Gasteiger partial charge < -0.3 is 4.98 Å². The average molecular weight is 248 g/mol. The molecule has 0 aliphatic heterocycles. The zero-order valence-corrected chi connectivity index (χ0v) is 11.1. The molecular formula is C13H16N2OS. The summed E-state index contributed by atoms with van der Waals surface area (Å²) in [7, 11) is 0. The van der Waals surface area contributed by atoms with Crippen LogP contribution < -0.4 is 5.56 Å². The van der Waals surface area contributed by atoms with Crippen molar-refractivity contribution in [2.24, 2.45) is 5.41 Å². The van der Waals surface area contributed by atoms with Crippen LogP contribution >= 0.6 is 11.3 Å². The van der Waals surface area contributed by atoms with E-state index in [-0.39, 0.29) is 5.56 Å². The van der Waals surface area contributed by atoms with Gasteiger partial charge in [-0.05, 0) is 24.3 Å². The summed E-state index contributed by atoms with van der Waals surface area (Å²) in [5, 5.41) is 0.744. The molecule has 0 bridgehead atoms. The Balaban J connectivity index is 2.14. The minimum atomic E-state index is 0.0173. The maximum absolute atomic E-state index is 12.0. The van der Waals surface area contributed by atoms with Crippen molar-refractivity contribution >= 4 is 21.6 Å². The molecule has 17 heavy (non-hydrogen) atoms. The van der Waals surface area contributed by atoms with Gasteiger partial charge in [-0.2, -0.15) is 0 Å². The van der Waals surface area contributed by atoms with E-state index in [9.17, 15) is 4.79 Å². The molecule has 0 radical (unpaired) electrons. The SMILES string of the molecule is CCc1cc2c(=O)[nH]c(C3CC3(C)C)nc2s1. The molecule has 1 fully saturated rings. The first-order chi connectivity index (χ1) is 8.01. The zero-order chi connectivity index (χ0) is 12.2. The highest BCUT2D eigenvalue weighted by molar-refractivity contribution is 7.18. The number of rotatable bonds is 2. The van der Waals surface area contributed by atoms with Gasteiger partial charge in [0.15, 0.2) is 0 Å². The first-order valence-corrected chi connectivity index (χ1v) is 6.85. The number of hydrogen-bond acceptors (Lipinski definition) is 3. The van der Waals surface area contributed by atoms with E-state index in [4.69, 9.17) is 0 Å². The highest BCUT2D eigenvalue weighted by atomic mass is 32.1. The largest absolute Gasteiger partial charge is 0.310 e. The Morgan fingerprint density at radius 3 is 2.88 bits per heavy atom. The van der Waals surface area contributed by atoms with Crippen LogP contribution in [0.5, 0.6) is 0 Å². The molecule has 1 unspecified atom stereocenters. The van der Waals surface area contributed by atoms with Crippen LogP contribution in [0.1, 0.15) is 43.8 Å². The second kappa shape index (κ2) is 3.42. The molecule has 0 amide bonds. The van der Waals surface area contributed by atoms with Crippen LogP contribution in [0.2, 0.25) is 0 Å². The van der Waals surface area contributed by atoms with Gasteiger partial charge in [0.05, 0.1) is 5.39 Å². The van der Waals surface area contributed by atoms with E-state index in [1.807, 2.05) is 6.07 Å². The van der Waals surface area contributed by atoms with Crippen LogP contribution in [0.4, 0.5) is 0 Å². The lowest BCUT2D eigenvalue weighted by Gasteiger charge is -2.02. The van der Waals surface area contributed by atoms with Crippen molar-refractivity contribution in [1.82, 2.24) is 9.97 Å². The molecule has 0 spiro atoms. The van der Waals surface area contributed by atoms with Gasteiger partial charge in [0.2, 0.25) is 0 Å². The van der Waals surface area contributed by atoms with Gasteiger partial charge >= 0.3 is 0 Å². The Kier molecular flexibility index (Phi) is 2.20.